The van der Waals surface area contributed by atoms with Crippen molar-refractivity contribution in [2.75, 3.05) is 0 Å². The normalized spacial score (nSPS) is 29.9. The van der Waals surface area contributed by atoms with Crippen molar-refractivity contribution >= 4 is 11.5 Å². The predicted molar refractivity (Wildman–Crippen MR) is 44.5 cm³/mol. The van der Waals surface area contributed by atoms with Gasteiger partial charge in [-0.1, -0.05) is 0 Å². The van der Waals surface area contributed by atoms with Crippen molar-refractivity contribution in [3.63, 3.8) is 0 Å². The first kappa shape index (κ1) is 7.25. The standard InChI is InChI=1S/C8H11NOS/c10-8-2-1-6(8)5-7-3-4-9-11-7/h3-4,6,8,10H,1-2,5H2. The third kappa shape index (κ3) is 1.44. The molecule has 0 aliphatic heterocycles. The lowest BCUT2D eigenvalue weighted by Crippen LogP contribution is -2.32. The van der Waals surface area contributed by atoms with Crippen LogP contribution in [0.2, 0.25) is 0 Å². The first-order valence-electron chi connectivity index (χ1n) is 3.94. The van der Waals surface area contributed by atoms with Crippen molar-refractivity contribution in [3.8, 4) is 0 Å². The molecule has 1 aromatic heterocycles. The molecular formula is C8H11NOS. The van der Waals surface area contributed by atoms with Crippen molar-refractivity contribution in [1.82, 2.24) is 4.37 Å². The van der Waals surface area contributed by atoms with Gasteiger partial charge in [0.1, 0.15) is 0 Å². The lowest BCUT2D eigenvalue weighted by Gasteiger charge is -2.31. The van der Waals surface area contributed by atoms with Gasteiger partial charge in [-0.25, -0.2) is 4.37 Å². The molecular weight excluding hydrogens is 158 g/mol. The Labute approximate surface area is 70.0 Å². The number of nitrogens with zero attached hydrogens (tertiary/aromatic N) is 1. The van der Waals surface area contributed by atoms with Gasteiger partial charge in [0.05, 0.1) is 6.10 Å². The Kier molecular flexibility index (Phi) is 1.92. The zero-order valence-electron chi connectivity index (χ0n) is 6.23. The van der Waals surface area contributed by atoms with Crippen molar-refractivity contribution in [2.24, 2.45) is 5.92 Å². The van der Waals surface area contributed by atoms with Crippen LogP contribution in [0.1, 0.15) is 17.7 Å². The molecule has 1 heterocycles. The Balaban J connectivity index is 1.91. The van der Waals surface area contributed by atoms with E-state index in [1.165, 1.54) is 11.3 Å². The number of hydrogen-bond donors (Lipinski definition) is 1. The third-order valence-corrected chi connectivity index (χ3v) is 3.10. The zero-order chi connectivity index (χ0) is 7.68. The Bertz CT molecular complexity index is 222. The van der Waals surface area contributed by atoms with Crippen LogP contribution in [-0.4, -0.2) is 15.6 Å². The quantitative estimate of drug-likeness (QED) is 0.727. The van der Waals surface area contributed by atoms with E-state index in [4.69, 9.17) is 0 Å². The second kappa shape index (κ2) is 2.91. The second-order valence-corrected chi connectivity index (χ2v) is 4.01. The SMILES string of the molecule is OC1CCC1Cc1ccns1. The number of aliphatic hydroxyl groups is 1. The Hall–Kier alpha value is -0.410. The van der Waals surface area contributed by atoms with Gasteiger partial charge < -0.3 is 5.11 Å². The molecule has 1 fully saturated rings. The first-order chi connectivity index (χ1) is 5.36. The van der Waals surface area contributed by atoms with Gasteiger partial charge in [-0.05, 0) is 42.8 Å². The van der Waals surface area contributed by atoms with Crippen LogP contribution in [0.15, 0.2) is 12.3 Å². The molecule has 0 bridgehead atoms. The maximum absolute atomic E-state index is 9.29. The van der Waals surface area contributed by atoms with E-state index in [9.17, 15) is 5.11 Å². The summed E-state index contributed by atoms with van der Waals surface area (Å²) in [6, 6.07) is 2.04. The molecule has 2 rings (SSSR count). The molecule has 0 aromatic carbocycles. The lowest BCUT2D eigenvalue weighted by molar-refractivity contribution is 0.0248. The fourth-order valence-electron chi connectivity index (χ4n) is 1.40. The molecule has 2 nitrogen and oxygen atoms in total. The maximum Gasteiger partial charge on any atom is 0.0572 e. The van der Waals surface area contributed by atoms with E-state index in [1.807, 2.05) is 12.3 Å². The predicted octanol–water partition coefficient (Wildman–Crippen LogP) is 1.46. The van der Waals surface area contributed by atoms with Gasteiger partial charge in [-0.2, -0.15) is 0 Å². The fourth-order valence-corrected chi connectivity index (χ4v) is 2.06. The van der Waals surface area contributed by atoms with Crippen molar-refractivity contribution in [2.45, 2.75) is 25.4 Å². The van der Waals surface area contributed by atoms with Gasteiger partial charge in [0.2, 0.25) is 0 Å². The molecule has 0 radical (unpaired) electrons. The molecule has 1 aromatic rings. The summed E-state index contributed by atoms with van der Waals surface area (Å²) in [5.41, 5.74) is 0. The molecule has 0 saturated heterocycles. The van der Waals surface area contributed by atoms with Crippen LogP contribution in [0, 0.1) is 5.92 Å². The molecule has 1 N–H and O–H groups in total. The first-order valence-corrected chi connectivity index (χ1v) is 4.71. The van der Waals surface area contributed by atoms with Gasteiger partial charge >= 0.3 is 0 Å². The van der Waals surface area contributed by atoms with E-state index >= 15 is 0 Å². The monoisotopic (exact) mass is 169 g/mol. The second-order valence-electron chi connectivity index (χ2n) is 3.09. The van der Waals surface area contributed by atoms with Crippen LogP contribution in [0.5, 0.6) is 0 Å². The van der Waals surface area contributed by atoms with E-state index in [2.05, 4.69) is 4.37 Å². The Morgan fingerprint density at radius 1 is 1.64 bits per heavy atom. The Morgan fingerprint density at radius 3 is 3.00 bits per heavy atom. The fraction of sp³-hybridized carbons (Fsp3) is 0.625. The van der Waals surface area contributed by atoms with Gasteiger partial charge in [0.15, 0.2) is 0 Å². The minimum absolute atomic E-state index is 0.0444. The van der Waals surface area contributed by atoms with Crippen molar-refractivity contribution in [3.05, 3.63) is 17.1 Å². The van der Waals surface area contributed by atoms with Gasteiger partial charge in [0, 0.05) is 11.1 Å². The van der Waals surface area contributed by atoms with E-state index < -0.39 is 0 Å². The molecule has 11 heavy (non-hydrogen) atoms. The summed E-state index contributed by atoms with van der Waals surface area (Å²) in [6.45, 7) is 0. The summed E-state index contributed by atoms with van der Waals surface area (Å²) < 4.78 is 4.02. The summed E-state index contributed by atoms with van der Waals surface area (Å²) in [6.07, 6.45) is 4.97. The van der Waals surface area contributed by atoms with Crippen LogP contribution in [-0.2, 0) is 6.42 Å². The number of rotatable bonds is 2. The summed E-state index contributed by atoms with van der Waals surface area (Å²) in [7, 11) is 0. The number of aromatic nitrogens is 1. The molecule has 1 aliphatic rings. The molecule has 1 aliphatic carbocycles. The zero-order valence-corrected chi connectivity index (χ0v) is 7.05. The molecule has 0 spiro atoms. The van der Waals surface area contributed by atoms with E-state index in [0.717, 1.165) is 12.8 Å². The number of hydrogen-bond acceptors (Lipinski definition) is 3. The van der Waals surface area contributed by atoms with Crippen molar-refractivity contribution < 1.29 is 5.11 Å². The highest BCUT2D eigenvalue weighted by Gasteiger charge is 2.28. The van der Waals surface area contributed by atoms with Crippen LogP contribution in [0.4, 0.5) is 0 Å². The molecule has 60 valence electrons. The highest BCUT2D eigenvalue weighted by atomic mass is 32.1. The van der Waals surface area contributed by atoms with Gasteiger partial charge in [-0.3, -0.25) is 0 Å². The van der Waals surface area contributed by atoms with Crippen LogP contribution in [0.25, 0.3) is 0 Å². The van der Waals surface area contributed by atoms with E-state index in [1.54, 1.807) is 11.5 Å². The molecule has 0 amide bonds. The molecule has 2 unspecified atom stereocenters. The van der Waals surface area contributed by atoms with E-state index in [-0.39, 0.29) is 6.10 Å². The molecule has 1 saturated carbocycles. The third-order valence-electron chi connectivity index (χ3n) is 2.33. The summed E-state index contributed by atoms with van der Waals surface area (Å²) in [4.78, 5) is 1.30. The summed E-state index contributed by atoms with van der Waals surface area (Å²) in [5.74, 6) is 0.510. The minimum atomic E-state index is -0.0444. The average molecular weight is 169 g/mol. The van der Waals surface area contributed by atoms with Gasteiger partial charge in [-0.15, -0.1) is 0 Å². The highest BCUT2D eigenvalue weighted by Crippen LogP contribution is 2.30. The van der Waals surface area contributed by atoms with E-state index in [0.29, 0.717) is 5.92 Å². The minimum Gasteiger partial charge on any atom is -0.393 e. The molecule has 2 atom stereocenters. The summed E-state index contributed by atoms with van der Waals surface area (Å²) in [5, 5.41) is 9.29. The van der Waals surface area contributed by atoms with Crippen LogP contribution < -0.4 is 0 Å². The highest BCUT2D eigenvalue weighted by molar-refractivity contribution is 7.05. The van der Waals surface area contributed by atoms with Gasteiger partial charge in [0.25, 0.3) is 0 Å². The largest absolute Gasteiger partial charge is 0.393 e. The smallest absolute Gasteiger partial charge is 0.0572 e. The van der Waals surface area contributed by atoms with Crippen LogP contribution in [0.3, 0.4) is 0 Å². The topological polar surface area (TPSA) is 33.1 Å². The summed E-state index contributed by atoms with van der Waals surface area (Å²) >= 11 is 1.54. The van der Waals surface area contributed by atoms with Crippen LogP contribution >= 0.6 is 11.5 Å². The lowest BCUT2D eigenvalue weighted by atomic mass is 9.79. The molecule has 3 heteroatoms. The average Bonchev–Trinajstić information content (AvgIpc) is 2.49. The Morgan fingerprint density at radius 2 is 2.55 bits per heavy atom. The maximum atomic E-state index is 9.29. The number of aliphatic hydroxyl groups excluding tert-OH is 1. The van der Waals surface area contributed by atoms with Crippen molar-refractivity contribution in [1.29, 1.82) is 0 Å².